The van der Waals surface area contributed by atoms with E-state index in [-0.39, 0.29) is 6.61 Å². The molecular weight excluding hydrogens is 212 g/mol. The highest BCUT2D eigenvalue weighted by Gasteiger charge is 2.00. The Kier molecular flexibility index (Phi) is 3.83. The van der Waals surface area contributed by atoms with Crippen LogP contribution in [0.3, 0.4) is 0 Å². The van der Waals surface area contributed by atoms with Gasteiger partial charge in [0.2, 0.25) is 0 Å². The molecule has 3 nitrogen and oxygen atoms in total. The molecule has 0 saturated carbocycles. The lowest BCUT2D eigenvalue weighted by Crippen LogP contribution is -2.01. The Morgan fingerprint density at radius 1 is 1.24 bits per heavy atom. The van der Waals surface area contributed by atoms with Gasteiger partial charge in [-0.3, -0.25) is 0 Å². The van der Waals surface area contributed by atoms with E-state index >= 15 is 0 Å². The zero-order valence-electron chi connectivity index (χ0n) is 10.1. The van der Waals surface area contributed by atoms with Crippen LogP contribution in [0.4, 0.5) is 5.69 Å². The van der Waals surface area contributed by atoms with E-state index in [9.17, 15) is 5.11 Å². The standard InChI is InChI=1S/C14H18N2O/c1-2-16-8-7-12(10-16)9-15-14-6-4-3-5-13(14)11-17/h3-8,10,15,17H,2,9,11H2,1H3. The van der Waals surface area contributed by atoms with Gasteiger partial charge in [0.15, 0.2) is 0 Å². The predicted octanol–water partition coefficient (Wildman–Crippen LogP) is 2.61. The second-order valence-electron chi connectivity index (χ2n) is 4.02. The minimum atomic E-state index is 0.0686. The van der Waals surface area contributed by atoms with Crippen molar-refractivity contribution in [3.8, 4) is 0 Å². The Morgan fingerprint density at radius 3 is 2.76 bits per heavy atom. The Morgan fingerprint density at radius 2 is 2.06 bits per heavy atom. The van der Waals surface area contributed by atoms with Gasteiger partial charge in [-0.1, -0.05) is 18.2 Å². The predicted molar refractivity (Wildman–Crippen MR) is 69.8 cm³/mol. The first-order chi connectivity index (χ1) is 8.33. The van der Waals surface area contributed by atoms with E-state index < -0.39 is 0 Å². The number of nitrogens with zero attached hydrogens (tertiary/aromatic N) is 1. The Hall–Kier alpha value is -1.74. The fraction of sp³-hybridized carbons (Fsp3) is 0.286. The van der Waals surface area contributed by atoms with E-state index in [1.165, 1.54) is 5.56 Å². The second-order valence-corrected chi connectivity index (χ2v) is 4.02. The van der Waals surface area contributed by atoms with Gasteiger partial charge in [-0.2, -0.15) is 0 Å². The summed E-state index contributed by atoms with van der Waals surface area (Å²) in [5.74, 6) is 0. The summed E-state index contributed by atoms with van der Waals surface area (Å²) in [5, 5.41) is 12.6. The molecule has 0 fully saturated rings. The Labute approximate surface area is 102 Å². The quantitative estimate of drug-likeness (QED) is 0.828. The number of aliphatic hydroxyl groups excluding tert-OH is 1. The maximum atomic E-state index is 9.21. The highest BCUT2D eigenvalue weighted by Crippen LogP contribution is 2.16. The number of aryl methyl sites for hydroxylation is 1. The molecule has 0 aliphatic rings. The van der Waals surface area contributed by atoms with Crippen LogP contribution in [-0.2, 0) is 19.7 Å². The van der Waals surface area contributed by atoms with E-state index in [0.717, 1.165) is 24.3 Å². The Balaban J connectivity index is 2.01. The fourth-order valence-electron chi connectivity index (χ4n) is 1.82. The summed E-state index contributed by atoms with van der Waals surface area (Å²) in [6, 6.07) is 9.93. The van der Waals surface area contributed by atoms with Crippen molar-refractivity contribution in [3.63, 3.8) is 0 Å². The van der Waals surface area contributed by atoms with Crippen molar-refractivity contribution < 1.29 is 5.11 Å². The van der Waals surface area contributed by atoms with Crippen LogP contribution in [0.25, 0.3) is 0 Å². The third kappa shape index (κ3) is 2.88. The molecule has 90 valence electrons. The normalized spacial score (nSPS) is 10.5. The molecule has 0 aliphatic carbocycles. The number of para-hydroxylation sites is 1. The first-order valence-corrected chi connectivity index (χ1v) is 5.90. The zero-order valence-corrected chi connectivity index (χ0v) is 10.1. The first-order valence-electron chi connectivity index (χ1n) is 5.90. The van der Waals surface area contributed by atoms with Gasteiger partial charge in [-0.25, -0.2) is 0 Å². The number of rotatable bonds is 5. The molecule has 0 saturated heterocycles. The number of anilines is 1. The van der Waals surface area contributed by atoms with Crippen molar-refractivity contribution >= 4 is 5.69 Å². The van der Waals surface area contributed by atoms with Gasteiger partial charge < -0.3 is 15.0 Å². The molecular formula is C14H18N2O. The van der Waals surface area contributed by atoms with Crippen LogP contribution in [0.1, 0.15) is 18.1 Å². The topological polar surface area (TPSA) is 37.2 Å². The van der Waals surface area contributed by atoms with Crippen LogP contribution in [0.15, 0.2) is 42.7 Å². The van der Waals surface area contributed by atoms with E-state index in [0.29, 0.717) is 0 Å². The number of aromatic nitrogens is 1. The molecule has 17 heavy (non-hydrogen) atoms. The van der Waals surface area contributed by atoms with E-state index in [4.69, 9.17) is 0 Å². The third-order valence-corrected chi connectivity index (χ3v) is 2.85. The van der Waals surface area contributed by atoms with Crippen molar-refractivity contribution in [3.05, 3.63) is 53.9 Å². The van der Waals surface area contributed by atoms with Crippen LogP contribution in [0.5, 0.6) is 0 Å². The molecule has 0 unspecified atom stereocenters. The van der Waals surface area contributed by atoms with Crippen molar-refractivity contribution in [2.45, 2.75) is 26.6 Å². The highest BCUT2D eigenvalue weighted by atomic mass is 16.3. The zero-order chi connectivity index (χ0) is 12.1. The second kappa shape index (κ2) is 5.55. The molecule has 1 aromatic heterocycles. The number of hydrogen-bond acceptors (Lipinski definition) is 2. The number of benzene rings is 1. The minimum absolute atomic E-state index is 0.0686. The summed E-state index contributed by atoms with van der Waals surface area (Å²) in [7, 11) is 0. The molecule has 0 bridgehead atoms. The van der Waals surface area contributed by atoms with Crippen LogP contribution >= 0.6 is 0 Å². The lowest BCUT2D eigenvalue weighted by molar-refractivity contribution is 0.282. The van der Waals surface area contributed by atoms with Crippen LogP contribution in [0.2, 0.25) is 0 Å². The maximum absolute atomic E-state index is 9.21. The van der Waals surface area contributed by atoms with E-state index in [1.54, 1.807) is 0 Å². The third-order valence-electron chi connectivity index (χ3n) is 2.85. The van der Waals surface area contributed by atoms with Crippen LogP contribution in [-0.4, -0.2) is 9.67 Å². The first kappa shape index (κ1) is 11.7. The Bertz CT molecular complexity index is 477. The van der Waals surface area contributed by atoms with Gasteiger partial charge >= 0.3 is 0 Å². The molecule has 0 aliphatic heterocycles. The SMILES string of the molecule is CCn1ccc(CNc2ccccc2CO)c1. The van der Waals surface area contributed by atoms with Crippen molar-refractivity contribution in [1.29, 1.82) is 0 Å². The number of hydrogen-bond donors (Lipinski definition) is 2. The van der Waals surface area contributed by atoms with Gasteiger partial charge in [0.05, 0.1) is 6.61 Å². The minimum Gasteiger partial charge on any atom is -0.392 e. The lowest BCUT2D eigenvalue weighted by atomic mass is 10.2. The number of nitrogens with one attached hydrogen (secondary N) is 1. The van der Waals surface area contributed by atoms with Crippen LogP contribution < -0.4 is 5.32 Å². The van der Waals surface area contributed by atoms with Crippen LogP contribution in [0, 0.1) is 0 Å². The van der Waals surface area contributed by atoms with E-state index in [2.05, 4.69) is 35.3 Å². The molecule has 1 heterocycles. The average Bonchev–Trinajstić information content (AvgIpc) is 2.84. The summed E-state index contributed by atoms with van der Waals surface area (Å²) in [4.78, 5) is 0. The summed E-state index contributed by atoms with van der Waals surface area (Å²) in [6.07, 6.45) is 4.21. The smallest absolute Gasteiger partial charge is 0.0701 e. The molecule has 0 spiro atoms. The summed E-state index contributed by atoms with van der Waals surface area (Å²) in [5.41, 5.74) is 3.18. The molecule has 2 N–H and O–H groups in total. The van der Waals surface area contributed by atoms with Gasteiger partial charge in [-0.15, -0.1) is 0 Å². The molecule has 1 aromatic carbocycles. The van der Waals surface area contributed by atoms with Crippen molar-refractivity contribution in [1.82, 2.24) is 4.57 Å². The molecule has 0 atom stereocenters. The van der Waals surface area contributed by atoms with E-state index in [1.807, 2.05) is 24.3 Å². The largest absolute Gasteiger partial charge is 0.392 e. The molecule has 0 radical (unpaired) electrons. The molecule has 2 aromatic rings. The molecule has 2 rings (SSSR count). The van der Waals surface area contributed by atoms with Gasteiger partial charge in [-0.05, 0) is 24.6 Å². The van der Waals surface area contributed by atoms with Crippen molar-refractivity contribution in [2.75, 3.05) is 5.32 Å². The summed E-state index contributed by atoms with van der Waals surface area (Å²) < 4.78 is 2.15. The summed E-state index contributed by atoms with van der Waals surface area (Å²) >= 11 is 0. The monoisotopic (exact) mass is 230 g/mol. The maximum Gasteiger partial charge on any atom is 0.0701 e. The molecule has 0 amide bonds. The van der Waals surface area contributed by atoms with Crippen molar-refractivity contribution in [2.24, 2.45) is 0 Å². The highest BCUT2D eigenvalue weighted by molar-refractivity contribution is 5.51. The van der Waals surface area contributed by atoms with Gasteiger partial charge in [0.1, 0.15) is 0 Å². The average molecular weight is 230 g/mol. The molecule has 3 heteroatoms. The number of aliphatic hydroxyl groups is 1. The fourth-order valence-corrected chi connectivity index (χ4v) is 1.82. The lowest BCUT2D eigenvalue weighted by Gasteiger charge is -2.09. The van der Waals surface area contributed by atoms with Gasteiger partial charge in [0, 0.05) is 36.7 Å². The van der Waals surface area contributed by atoms with Gasteiger partial charge in [0.25, 0.3) is 0 Å². The summed E-state index contributed by atoms with van der Waals surface area (Å²) in [6.45, 7) is 3.97.